The molecule has 0 unspecified atom stereocenters. The van der Waals surface area contributed by atoms with E-state index < -0.39 is 5.56 Å². The van der Waals surface area contributed by atoms with Crippen molar-refractivity contribution in [2.75, 3.05) is 5.32 Å². The van der Waals surface area contributed by atoms with Gasteiger partial charge in [0, 0.05) is 30.2 Å². The number of aromatic nitrogens is 3. The molecule has 2 aromatic heterocycles. The molecule has 5 aromatic rings. The topological polar surface area (TPSA) is 98.1 Å². The molecule has 0 spiro atoms. The molecule has 0 radical (unpaired) electrons. The van der Waals surface area contributed by atoms with Crippen molar-refractivity contribution >= 4 is 28.9 Å². The number of rotatable bonds is 8. The van der Waals surface area contributed by atoms with Gasteiger partial charge < -0.3 is 15.4 Å². The molecule has 0 atom stereocenters. The number of nitrogens with one attached hydrogen (secondary N) is 2. The van der Waals surface area contributed by atoms with Gasteiger partial charge in [-0.2, -0.15) is 9.78 Å². The highest BCUT2D eigenvalue weighted by Gasteiger charge is 2.17. The SMILES string of the molecule is O=C(NCc1cccnc1)c1cccc(Nc2c(Oc3ccccc3)cnn(-c3ccccc3Cl)c2=O)c1. The zero-order valence-electron chi connectivity index (χ0n) is 20.0. The van der Waals surface area contributed by atoms with E-state index in [1.54, 1.807) is 73.1 Å². The van der Waals surface area contributed by atoms with Crippen LogP contribution >= 0.6 is 11.6 Å². The van der Waals surface area contributed by atoms with Crippen LogP contribution in [0.15, 0.2) is 114 Å². The molecular formula is C29H22ClN5O3. The minimum absolute atomic E-state index is 0.136. The first-order valence-electron chi connectivity index (χ1n) is 11.7. The van der Waals surface area contributed by atoms with Crippen molar-refractivity contribution < 1.29 is 9.53 Å². The summed E-state index contributed by atoms with van der Waals surface area (Å²) in [6, 6.07) is 26.5. The lowest BCUT2D eigenvalue weighted by Crippen LogP contribution is -2.24. The highest BCUT2D eigenvalue weighted by Crippen LogP contribution is 2.29. The van der Waals surface area contributed by atoms with Gasteiger partial charge in [-0.3, -0.25) is 14.6 Å². The van der Waals surface area contributed by atoms with Gasteiger partial charge in [0.05, 0.1) is 16.9 Å². The fourth-order valence-electron chi connectivity index (χ4n) is 3.71. The number of ether oxygens (including phenoxy) is 1. The summed E-state index contributed by atoms with van der Waals surface area (Å²) < 4.78 is 7.19. The van der Waals surface area contributed by atoms with E-state index in [1.807, 2.05) is 30.3 Å². The number of pyridine rings is 1. The molecule has 2 N–H and O–H groups in total. The van der Waals surface area contributed by atoms with E-state index in [4.69, 9.17) is 16.3 Å². The van der Waals surface area contributed by atoms with E-state index in [0.29, 0.717) is 34.3 Å². The van der Waals surface area contributed by atoms with Crippen molar-refractivity contribution in [1.82, 2.24) is 20.1 Å². The van der Waals surface area contributed by atoms with Crippen LogP contribution in [0.4, 0.5) is 11.4 Å². The summed E-state index contributed by atoms with van der Waals surface area (Å²) in [5, 5.41) is 10.7. The average molecular weight is 524 g/mol. The zero-order valence-corrected chi connectivity index (χ0v) is 20.8. The fourth-order valence-corrected chi connectivity index (χ4v) is 3.93. The molecule has 3 aromatic carbocycles. The number of nitrogens with zero attached hydrogens (tertiary/aromatic N) is 3. The lowest BCUT2D eigenvalue weighted by atomic mass is 10.1. The van der Waals surface area contributed by atoms with Gasteiger partial charge in [0.2, 0.25) is 0 Å². The second kappa shape index (κ2) is 11.4. The minimum Gasteiger partial charge on any atom is -0.453 e. The van der Waals surface area contributed by atoms with Crippen molar-refractivity contribution in [3.63, 3.8) is 0 Å². The third kappa shape index (κ3) is 5.71. The Morgan fingerprint density at radius 2 is 1.74 bits per heavy atom. The number of benzene rings is 3. The number of hydrogen-bond acceptors (Lipinski definition) is 6. The van der Waals surface area contributed by atoms with E-state index in [9.17, 15) is 9.59 Å². The van der Waals surface area contributed by atoms with Crippen molar-refractivity contribution in [3.8, 4) is 17.2 Å². The molecule has 0 bridgehead atoms. The van der Waals surface area contributed by atoms with E-state index in [0.717, 1.165) is 5.56 Å². The van der Waals surface area contributed by atoms with Gasteiger partial charge in [0.15, 0.2) is 11.4 Å². The van der Waals surface area contributed by atoms with E-state index in [2.05, 4.69) is 20.7 Å². The van der Waals surface area contributed by atoms with Crippen LogP contribution in [0.1, 0.15) is 15.9 Å². The molecule has 5 rings (SSSR count). The standard InChI is InChI=1S/C29H22ClN5O3/c30-24-13-4-5-14-25(24)35-29(37)27(26(19-33-35)38-23-11-2-1-3-12-23)34-22-10-6-9-21(16-22)28(36)32-18-20-8-7-15-31-17-20/h1-17,19,34H,18H2,(H,32,36). The predicted octanol–water partition coefficient (Wildman–Crippen LogP) is 5.75. The van der Waals surface area contributed by atoms with Crippen LogP contribution in [0.2, 0.25) is 5.02 Å². The highest BCUT2D eigenvalue weighted by molar-refractivity contribution is 6.32. The Labute approximate surface area is 223 Å². The molecule has 1 amide bonds. The molecule has 0 aliphatic rings. The Hall–Kier alpha value is -4.95. The van der Waals surface area contributed by atoms with Crippen molar-refractivity contribution in [2.24, 2.45) is 0 Å². The Balaban J connectivity index is 1.47. The van der Waals surface area contributed by atoms with Gasteiger partial charge in [0.1, 0.15) is 5.75 Å². The Kier molecular flexibility index (Phi) is 7.42. The zero-order chi connectivity index (χ0) is 26.3. The molecule has 2 heterocycles. The van der Waals surface area contributed by atoms with Crippen LogP contribution in [0.5, 0.6) is 11.5 Å². The summed E-state index contributed by atoms with van der Waals surface area (Å²) in [6.45, 7) is 0.340. The van der Waals surface area contributed by atoms with E-state index in [-0.39, 0.29) is 17.3 Å². The summed E-state index contributed by atoms with van der Waals surface area (Å²) in [4.78, 5) is 30.5. The molecule has 38 heavy (non-hydrogen) atoms. The normalized spacial score (nSPS) is 10.6. The fraction of sp³-hybridized carbons (Fsp3) is 0.0345. The van der Waals surface area contributed by atoms with Gasteiger partial charge in [-0.05, 0) is 54.1 Å². The molecule has 0 aliphatic heterocycles. The first-order chi connectivity index (χ1) is 18.6. The quantitative estimate of drug-likeness (QED) is 0.269. The lowest BCUT2D eigenvalue weighted by Gasteiger charge is -2.15. The smallest absolute Gasteiger partial charge is 0.299 e. The van der Waals surface area contributed by atoms with Crippen molar-refractivity contribution in [3.05, 3.63) is 136 Å². The maximum Gasteiger partial charge on any atom is 0.299 e. The number of para-hydroxylation sites is 2. The molecule has 9 heteroatoms. The number of carbonyl (C=O) groups excluding carboxylic acids is 1. The van der Waals surface area contributed by atoms with Crippen LogP contribution in [-0.4, -0.2) is 20.7 Å². The maximum absolute atomic E-state index is 13.6. The first-order valence-corrected chi connectivity index (χ1v) is 12.1. The Morgan fingerprint density at radius 3 is 2.53 bits per heavy atom. The Morgan fingerprint density at radius 1 is 0.921 bits per heavy atom. The van der Waals surface area contributed by atoms with Gasteiger partial charge >= 0.3 is 0 Å². The number of carbonyl (C=O) groups is 1. The Bertz CT molecular complexity index is 1620. The summed E-state index contributed by atoms with van der Waals surface area (Å²) >= 11 is 6.34. The second-order valence-electron chi connectivity index (χ2n) is 8.22. The monoisotopic (exact) mass is 523 g/mol. The number of anilines is 2. The number of halogens is 1. The van der Waals surface area contributed by atoms with Gasteiger partial charge in [-0.15, -0.1) is 0 Å². The van der Waals surface area contributed by atoms with Gasteiger partial charge in [0.25, 0.3) is 11.5 Å². The summed E-state index contributed by atoms with van der Waals surface area (Å²) in [6.07, 6.45) is 4.82. The molecule has 188 valence electrons. The lowest BCUT2D eigenvalue weighted by molar-refractivity contribution is 0.0951. The molecular weight excluding hydrogens is 502 g/mol. The van der Waals surface area contributed by atoms with Gasteiger partial charge in [-0.1, -0.05) is 54.1 Å². The predicted molar refractivity (Wildman–Crippen MR) is 146 cm³/mol. The second-order valence-corrected chi connectivity index (χ2v) is 8.62. The molecule has 0 saturated carbocycles. The van der Waals surface area contributed by atoms with Crippen molar-refractivity contribution in [2.45, 2.75) is 6.54 Å². The van der Waals surface area contributed by atoms with Crippen LogP contribution in [-0.2, 0) is 6.54 Å². The van der Waals surface area contributed by atoms with Gasteiger partial charge in [-0.25, -0.2) is 0 Å². The molecule has 8 nitrogen and oxygen atoms in total. The maximum atomic E-state index is 13.6. The van der Waals surface area contributed by atoms with E-state index >= 15 is 0 Å². The third-order valence-corrected chi connectivity index (χ3v) is 5.88. The molecule has 0 fully saturated rings. The number of amides is 1. The largest absolute Gasteiger partial charge is 0.453 e. The first kappa shape index (κ1) is 24.7. The van der Waals surface area contributed by atoms with Crippen molar-refractivity contribution in [1.29, 1.82) is 0 Å². The molecule has 0 saturated heterocycles. The molecule has 0 aliphatic carbocycles. The van der Waals surface area contributed by atoms with Crippen LogP contribution in [0.3, 0.4) is 0 Å². The summed E-state index contributed by atoms with van der Waals surface area (Å²) in [5.41, 5.74) is 1.91. The van der Waals surface area contributed by atoms with Crippen LogP contribution < -0.4 is 20.9 Å². The average Bonchev–Trinajstić information content (AvgIpc) is 2.95. The van der Waals surface area contributed by atoms with Crippen LogP contribution in [0.25, 0.3) is 5.69 Å². The highest BCUT2D eigenvalue weighted by atomic mass is 35.5. The van der Waals surface area contributed by atoms with E-state index in [1.165, 1.54) is 10.9 Å². The summed E-state index contributed by atoms with van der Waals surface area (Å²) in [5.74, 6) is 0.494. The summed E-state index contributed by atoms with van der Waals surface area (Å²) in [7, 11) is 0. The third-order valence-electron chi connectivity index (χ3n) is 5.56. The minimum atomic E-state index is -0.474. The van der Waals surface area contributed by atoms with Crippen LogP contribution in [0, 0.1) is 0 Å². The number of hydrogen-bond donors (Lipinski definition) is 2.